The molecule has 27 heavy (non-hydrogen) atoms. The van der Waals surface area contributed by atoms with Gasteiger partial charge in [-0.2, -0.15) is 0 Å². The molecular formula is C22H27NO4. The van der Waals surface area contributed by atoms with Gasteiger partial charge in [-0.25, -0.2) is 0 Å². The second-order valence-corrected chi connectivity index (χ2v) is 8.31. The van der Waals surface area contributed by atoms with Gasteiger partial charge in [0.15, 0.2) is 0 Å². The number of pyridine rings is 1. The van der Waals surface area contributed by atoms with Gasteiger partial charge in [0, 0.05) is 22.9 Å². The number of aliphatic hydroxyl groups excluding tert-OH is 1. The molecule has 3 atom stereocenters. The van der Waals surface area contributed by atoms with Crippen LogP contribution in [0.4, 0.5) is 0 Å². The molecule has 0 saturated carbocycles. The summed E-state index contributed by atoms with van der Waals surface area (Å²) in [5.74, 6) is 1.26. The molecule has 1 aromatic carbocycles. The number of aromatic nitrogens is 1. The molecule has 0 unspecified atom stereocenters. The smallest absolute Gasteiger partial charge is 0.248 e. The number of hydrogen-bond acceptors (Lipinski definition) is 4. The van der Waals surface area contributed by atoms with Gasteiger partial charge in [0.1, 0.15) is 23.2 Å². The van der Waals surface area contributed by atoms with Crippen molar-refractivity contribution in [1.29, 1.82) is 0 Å². The number of nitrogens with one attached hydrogen (secondary N) is 1. The number of aromatic amines is 1. The average Bonchev–Trinajstić information content (AvgIpc) is 2.58. The number of benzene rings is 1. The molecule has 2 aromatic rings. The SMILES string of the molecule is CCCc1cc(=O)[nH]c2c3c(c4c(c12)OC(C)(C)C=C4)O[C@H](C)[C@@H](C)[C@@H]3O. The lowest BCUT2D eigenvalue weighted by Gasteiger charge is -2.38. The topological polar surface area (TPSA) is 71.6 Å². The van der Waals surface area contributed by atoms with Gasteiger partial charge in [-0.3, -0.25) is 4.79 Å². The Balaban J connectivity index is 2.17. The second-order valence-electron chi connectivity index (χ2n) is 8.31. The Morgan fingerprint density at radius 2 is 2.00 bits per heavy atom. The van der Waals surface area contributed by atoms with Crippen LogP contribution >= 0.6 is 0 Å². The average molecular weight is 369 g/mol. The van der Waals surface area contributed by atoms with Gasteiger partial charge in [-0.05, 0) is 44.9 Å². The normalized spacial score (nSPS) is 25.5. The summed E-state index contributed by atoms with van der Waals surface area (Å²) in [5.41, 5.74) is 2.46. The lowest BCUT2D eigenvalue weighted by atomic mass is 9.84. The largest absolute Gasteiger partial charge is 0.489 e. The van der Waals surface area contributed by atoms with Crippen LogP contribution in [0.2, 0.25) is 0 Å². The fourth-order valence-electron chi connectivity index (χ4n) is 4.10. The number of H-pyrrole nitrogens is 1. The van der Waals surface area contributed by atoms with E-state index in [-0.39, 0.29) is 17.6 Å². The highest BCUT2D eigenvalue weighted by Crippen LogP contribution is 2.51. The van der Waals surface area contributed by atoms with Crippen LogP contribution in [-0.2, 0) is 6.42 Å². The third-order valence-corrected chi connectivity index (χ3v) is 5.73. The minimum Gasteiger partial charge on any atom is -0.489 e. The molecule has 4 rings (SSSR count). The molecule has 3 heterocycles. The summed E-state index contributed by atoms with van der Waals surface area (Å²) >= 11 is 0. The molecule has 1 aromatic heterocycles. The molecule has 5 heteroatoms. The van der Waals surface area contributed by atoms with Crippen molar-refractivity contribution in [3.63, 3.8) is 0 Å². The van der Waals surface area contributed by atoms with Crippen molar-refractivity contribution in [2.45, 2.75) is 65.3 Å². The standard InChI is InChI=1S/C22H27NO4/c1-6-7-13-10-15(24)23-18-16(13)21-14(8-9-22(4,5)27-21)20-17(18)19(25)11(2)12(3)26-20/h8-12,19,25H,6-7H2,1-5H3,(H,23,24)/t11-,12-,19+/m1/s1. The molecule has 5 nitrogen and oxygen atoms in total. The zero-order valence-corrected chi connectivity index (χ0v) is 16.6. The number of hydrogen-bond donors (Lipinski definition) is 2. The quantitative estimate of drug-likeness (QED) is 0.835. The van der Waals surface area contributed by atoms with Crippen LogP contribution in [-0.4, -0.2) is 21.8 Å². The molecular weight excluding hydrogens is 342 g/mol. The van der Waals surface area contributed by atoms with Crippen LogP contribution in [0.25, 0.3) is 17.0 Å². The molecule has 0 radical (unpaired) electrons. The van der Waals surface area contributed by atoms with E-state index >= 15 is 0 Å². The highest BCUT2D eigenvalue weighted by molar-refractivity contribution is 5.98. The van der Waals surface area contributed by atoms with Gasteiger partial charge in [-0.15, -0.1) is 0 Å². The van der Waals surface area contributed by atoms with Crippen molar-refractivity contribution < 1.29 is 14.6 Å². The van der Waals surface area contributed by atoms with E-state index in [9.17, 15) is 9.90 Å². The summed E-state index contributed by atoms with van der Waals surface area (Å²) in [7, 11) is 0. The van der Waals surface area contributed by atoms with E-state index in [0.717, 1.165) is 35.1 Å². The first kappa shape index (κ1) is 18.1. The van der Waals surface area contributed by atoms with Crippen molar-refractivity contribution in [3.05, 3.63) is 39.2 Å². The third kappa shape index (κ3) is 2.76. The monoisotopic (exact) mass is 369 g/mol. The Kier molecular flexibility index (Phi) is 4.11. The molecule has 0 saturated heterocycles. The number of fused-ring (bicyclic) bond motifs is 6. The van der Waals surface area contributed by atoms with E-state index in [2.05, 4.69) is 11.9 Å². The van der Waals surface area contributed by atoms with Crippen molar-refractivity contribution in [2.24, 2.45) is 5.92 Å². The zero-order valence-electron chi connectivity index (χ0n) is 16.6. The first-order chi connectivity index (χ1) is 12.7. The minimum atomic E-state index is -0.715. The molecule has 2 aliphatic heterocycles. The maximum absolute atomic E-state index is 12.4. The number of aliphatic hydroxyl groups is 1. The Morgan fingerprint density at radius 3 is 2.70 bits per heavy atom. The third-order valence-electron chi connectivity index (χ3n) is 5.73. The molecule has 0 aliphatic carbocycles. The van der Waals surface area contributed by atoms with Crippen LogP contribution in [0.5, 0.6) is 11.5 Å². The van der Waals surface area contributed by atoms with Gasteiger partial charge < -0.3 is 19.6 Å². The van der Waals surface area contributed by atoms with Gasteiger partial charge in [0.2, 0.25) is 5.56 Å². The van der Waals surface area contributed by atoms with Gasteiger partial charge >= 0.3 is 0 Å². The molecule has 2 N–H and O–H groups in total. The summed E-state index contributed by atoms with van der Waals surface area (Å²) < 4.78 is 12.6. The zero-order chi connectivity index (χ0) is 19.5. The second kappa shape index (κ2) is 6.13. The van der Waals surface area contributed by atoms with E-state index in [1.54, 1.807) is 6.07 Å². The van der Waals surface area contributed by atoms with Crippen molar-refractivity contribution >= 4 is 17.0 Å². The van der Waals surface area contributed by atoms with E-state index < -0.39 is 11.7 Å². The summed E-state index contributed by atoms with van der Waals surface area (Å²) in [5, 5.41) is 11.9. The summed E-state index contributed by atoms with van der Waals surface area (Å²) in [6.07, 6.45) is 4.85. The van der Waals surface area contributed by atoms with Crippen LogP contribution in [0.1, 0.15) is 63.8 Å². The van der Waals surface area contributed by atoms with E-state index in [0.29, 0.717) is 16.8 Å². The van der Waals surface area contributed by atoms with Crippen molar-refractivity contribution in [1.82, 2.24) is 4.98 Å². The fraction of sp³-hybridized carbons (Fsp3) is 0.500. The Morgan fingerprint density at radius 1 is 1.26 bits per heavy atom. The predicted molar refractivity (Wildman–Crippen MR) is 107 cm³/mol. The van der Waals surface area contributed by atoms with Gasteiger partial charge in [0.05, 0.1) is 17.2 Å². The van der Waals surface area contributed by atoms with Crippen LogP contribution in [0.3, 0.4) is 0 Å². The van der Waals surface area contributed by atoms with E-state index in [1.165, 1.54) is 0 Å². The minimum absolute atomic E-state index is 0.0815. The maximum Gasteiger partial charge on any atom is 0.248 e. The van der Waals surface area contributed by atoms with Crippen LogP contribution < -0.4 is 15.0 Å². The van der Waals surface area contributed by atoms with Crippen LogP contribution in [0.15, 0.2) is 16.9 Å². The van der Waals surface area contributed by atoms with Crippen molar-refractivity contribution in [2.75, 3.05) is 0 Å². The van der Waals surface area contributed by atoms with Crippen LogP contribution in [0, 0.1) is 5.92 Å². The molecule has 144 valence electrons. The Bertz CT molecular complexity index is 1000. The van der Waals surface area contributed by atoms with Crippen molar-refractivity contribution in [3.8, 4) is 11.5 Å². The number of rotatable bonds is 2. The molecule has 0 bridgehead atoms. The highest BCUT2D eigenvalue weighted by Gasteiger charge is 2.38. The number of aryl methyl sites for hydroxylation is 1. The van der Waals surface area contributed by atoms with E-state index in [4.69, 9.17) is 9.47 Å². The fourth-order valence-corrected chi connectivity index (χ4v) is 4.10. The van der Waals surface area contributed by atoms with E-state index in [1.807, 2.05) is 39.8 Å². The Hall–Kier alpha value is -2.27. The van der Waals surface area contributed by atoms with Gasteiger partial charge in [0.25, 0.3) is 0 Å². The van der Waals surface area contributed by atoms with Gasteiger partial charge in [-0.1, -0.05) is 20.3 Å². The summed E-state index contributed by atoms with van der Waals surface area (Å²) in [6, 6.07) is 1.65. The molecule has 0 fully saturated rings. The lowest BCUT2D eigenvalue weighted by Crippen LogP contribution is -2.34. The highest BCUT2D eigenvalue weighted by atomic mass is 16.5. The number of ether oxygens (including phenoxy) is 2. The first-order valence-electron chi connectivity index (χ1n) is 9.72. The maximum atomic E-state index is 12.4. The molecule has 2 aliphatic rings. The Labute approximate surface area is 159 Å². The first-order valence-corrected chi connectivity index (χ1v) is 9.72. The molecule has 0 spiro atoms. The summed E-state index contributed by atoms with van der Waals surface area (Å²) in [4.78, 5) is 15.3. The lowest BCUT2D eigenvalue weighted by molar-refractivity contribution is 0.0180. The summed E-state index contributed by atoms with van der Waals surface area (Å²) in [6.45, 7) is 10.0. The molecule has 0 amide bonds. The predicted octanol–water partition coefficient (Wildman–Crippen LogP) is 4.12.